The highest BCUT2D eigenvalue weighted by Crippen LogP contribution is 2.43. The average Bonchev–Trinajstić information content (AvgIpc) is 2.85. The van der Waals surface area contributed by atoms with E-state index < -0.39 is 13.5 Å². The SMILES string of the molecule is COc1cc2c(cc1OC)C1(C=CC(=O)C=C1)CCN(C(=O)OCC[Si](C)(C)C)C2. The Hall–Kier alpha value is -2.54. The number of nitrogens with zero attached hydrogens (tertiary/aromatic N) is 1. The highest BCUT2D eigenvalue weighted by Gasteiger charge is 2.37. The molecular formula is C23H31NO5Si. The van der Waals surface area contributed by atoms with Crippen molar-refractivity contribution < 1.29 is 23.8 Å². The zero-order chi connectivity index (χ0) is 21.9. The van der Waals surface area contributed by atoms with Crippen molar-refractivity contribution in [3.63, 3.8) is 0 Å². The van der Waals surface area contributed by atoms with Crippen LogP contribution in [-0.2, 0) is 21.5 Å². The Bertz CT molecular complexity index is 868. The number of rotatable bonds is 5. The maximum atomic E-state index is 12.8. The van der Waals surface area contributed by atoms with E-state index in [-0.39, 0.29) is 11.9 Å². The zero-order valence-corrected chi connectivity index (χ0v) is 19.5. The number of fused-ring (bicyclic) bond motifs is 2. The number of ether oxygens (including phenoxy) is 3. The summed E-state index contributed by atoms with van der Waals surface area (Å²) in [4.78, 5) is 26.3. The largest absolute Gasteiger partial charge is 0.493 e. The molecule has 1 aliphatic carbocycles. The molecule has 0 saturated heterocycles. The Balaban J connectivity index is 1.93. The molecule has 0 atom stereocenters. The van der Waals surface area contributed by atoms with Gasteiger partial charge in [0.05, 0.1) is 20.8 Å². The monoisotopic (exact) mass is 429 g/mol. The number of hydrogen-bond acceptors (Lipinski definition) is 5. The van der Waals surface area contributed by atoms with Crippen molar-refractivity contribution >= 4 is 20.0 Å². The normalized spacial score (nSPS) is 17.5. The van der Waals surface area contributed by atoms with Gasteiger partial charge in [-0.3, -0.25) is 4.79 Å². The molecule has 3 rings (SSSR count). The van der Waals surface area contributed by atoms with E-state index in [1.54, 1.807) is 31.3 Å². The van der Waals surface area contributed by atoms with Crippen LogP contribution in [0.15, 0.2) is 36.4 Å². The Morgan fingerprint density at radius 1 is 1.10 bits per heavy atom. The Morgan fingerprint density at radius 2 is 1.73 bits per heavy atom. The van der Waals surface area contributed by atoms with Crippen molar-refractivity contribution in [1.29, 1.82) is 0 Å². The van der Waals surface area contributed by atoms with Gasteiger partial charge in [0.25, 0.3) is 0 Å². The lowest BCUT2D eigenvalue weighted by atomic mass is 9.73. The minimum Gasteiger partial charge on any atom is -0.493 e. The molecule has 0 bridgehead atoms. The molecule has 2 aliphatic rings. The van der Waals surface area contributed by atoms with E-state index in [2.05, 4.69) is 19.6 Å². The van der Waals surface area contributed by atoms with Crippen molar-refractivity contribution in [2.45, 2.75) is 44.1 Å². The maximum absolute atomic E-state index is 12.8. The van der Waals surface area contributed by atoms with E-state index >= 15 is 0 Å². The lowest BCUT2D eigenvalue weighted by Gasteiger charge is -2.30. The van der Waals surface area contributed by atoms with Gasteiger partial charge in [-0.1, -0.05) is 31.8 Å². The molecule has 1 aromatic rings. The molecule has 0 radical (unpaired) electrons. The minimum atomic E-state index is -1.28. The first-order valence-electron chi connectivity index (χ1n) is 10.3. The number of hydrogen-bond donors (Lipinski definition) is 0. The van der Waals surface area contributed by atoms with Gasteiger partial charge in [0.1, 0.15) is 0 Å². The summed E-state index contributed by atoms with van der Waals surface area (Å²) in [5.41, 5.74) is 1.49. The number of amides is 1. The summed E-state index contributed by atoms with van der Waals surface area (Å²) >= 11 is 0. The standard InChI is InChI=1S/C23H31NO5Si/c1-27-20-14-17-16-24(22(26)29-12-13-30(3,4)5)11-10-23(8-6-18(25)7-9-23)19(17)15-21(20)28-2/h6-9,14-15H,10-13,16H2,1-5H3. The zero-order valence-electron chi connectivity index (χ0n) is 18.5. The second kappa shape index (κ2) is 8.68. The van der Waals surface area contributed by atoms with Crippen LogP contribution in [0.3, 0.4) is 0 Å². The van der Waals surface area contributed by atoms with Gasteiger partial charge < -0.3 is 19.1 Å². The molecule has 0 fully saturated rings. The topological polar surface area (TPSA) is 65.1 Å². The maximum Gasteiger partial charge on any atom is 0.410 e. The second-order valence-corrected chi connectivity index (χ2v) is 14.7. The summed E-state index contributed by atoms with van der Waals surface area (Å²) in [6.07, 6.45) is 7.41. The van der Waals surface area contributed by atoms with Crippen molar-refractivity contribution in [2.24, 2.45) is 0 Å². The van der Waals surface area contributed by atoms with Crippen LogP contribution in [0.4, 0.5) is 4.79 Å². The smallest absolute Gasteiger partial charge is 0.410 e. The van der Waals surface area contributed by atoms with E-state index in [4.69, 9.17) is 14.2 Å². The van der Waals surface area contributed by atoms with Crippen LogP contribution in [-0.4, -0.2) is 52.2 Å². The molecule has 1 spiro atoms. The summed E-state index contributed by atoms with van der Waals surface area (Å²) in [7, 11) is 1.92. The highest BCUT2D eigenvalue weighted by atomic mass is 28.3. The van der Waals surface area contributed by atoms with Crippen LogP contribution in [0.2, 0.25) is 25.7 Å². The fraction of sp³-hybridized carbons (Fsp3) is 0.478. The van der Waals surface area contributed by atoms with E-state index in [0.29, 0.717) is 37.6 Å². The number of methoxy groups -OCH3 is 2. The van der Waals surface area contributed by atoms with Gasteiger partial charge >= 0.3 is 6.09 Å². The molecular weight excluding hydrogens is 398 g/mol. The summed E-state index contributed by atoms with van der Waals surface area (Å²) in [5, 5.41) is 0. The van der Waals surface area contributed by atoms with Gasteiger partial charge in [-0.05, 0) is 47.9 Å². The molecule has 7 heteroatoms. The van der Waals surface area contributed by atoms with Gasteiger partial charge in [0.2, 0.25) is 0 Å². The summed E-state index contributed by atoms with van der Waals surface area (Å²) in [6.45, 7) is 8.16. The van der Waals surface area contributed by atoms with Crippen LogP contribution < -0.4 is 9.47 Å². The predicted molar refractivity (Wildman–Crippen MR) is 119 cm³/mol. The summed E-state index contributed by atoms with van der Waals surface area (Å²) in [5.74, 6) is 1.20. The van der Waals surface area contributed by atoms with Crippen LogP contribution >= 0.6 is 0 Å². The van der Waals surface area contributed by atoms with Gasteiger partial charge in [0.15, 0.2) is 17.3 Å². The molecule has 162 valence electrons. The average molecular weight is 430 g/mol. The number of carbonyl (C=O) groups is 2. The number of carbonyl (C=O) groups excluding carboxylic acids is 2. The Morgan fingerprint density at radius 3 is 2.33 bits per heavy atom. The number of ketones is 1. The van der Waals surface area contributed by atoms with E-state index in [9.17, 15) is 9.59 Å². The minimum absolute atomic E-state index is 0.0329. The van der Waals surface area contributed by atoms with Crippen molar-refractivity contribution in [3.05, 3.63) is 47.6 Å². The first-order valence-corrected chi connectivity index (χ1v) is 14.0. The number of allylic oxidation sites excluding steroid dienone is 4. The highest BCUT2D eigenvalue weighted by molar-refractivity contribution is 6.76. The van der Waals surface area contributed by atoms with Gasteiger partial charge in [-0.25, -0.2) is 4.79 Å². The first kappa shape index (κ1) is 22.1. The molecule has 0 unspecified atom stereocenters. The molecule has 1 amide bonds. The van der Waals surface area contributed by atoms with Gasteiger partial charge in [0, 0.05) is 26.6 Å². The Labute approximate surface area is 179 Å². The molecule has 0 aromatic heterocycles. The molecule has 0 saturated carbocycles. The third-order valence-electron chi connectivity index (χ3n) is 5.69. The van der Waals surface area contributed by atoms with Crippen molar-refractivity contribution in [1.82, 2.24) is 4.90 Å². The summed E-state index contributed by atoms with van der Waals surface area (Å²) < 4.78 is 16.6. The Kier molecular flexibility index (Phi) is 6.40. The molecule has 0 N–H and O–H groups in total. The number of benzene rings is 1. The van der Waals surface area contributed by atoms with E-state index in [1.807, 2.05) is 24.3 Å². The van der Waals surface area contributed by atoms with Crippen LogP contribution in [0.1, 0.15) is 17.5 Å². The van der Waals surface area contributed by atoms with Crippen LogP contribution in [0.25, 0.3) is 0 Å². The van der Waals surface area contributed by atoms with Crippen molar-refractivity contribution in [3.8, 4) is 11.5 Å². The van der Waals surface area contributed by atoms with E-state index in [0.717, 1.165) is 17.2 Å². The quantitative estimate of drug-likeness (QED) is 0.653. The van der Waals surface area contributed by atoms with Crippen molar-refractivity contribution in [2.75, 3.05) is 27.4 Å². The molecule has 1 aliphatic heterocycles. The third kappa shape index (κ3) is 4.78. The molecule has 1 aromatic carbocycles. The predicted octanol–water partition coefficient (Wildman–Crippen LogP) is 4.32. The third-order valence-corrected chi connectivity index (χ3v) is 7.40. The van der Waals surface area contributed by atoms with E-state index in [1.165, 1.54) is 0 Å². The second-order valence-electron chi connectivity index (χ2n) is 9.07. The lowest BCUT2D eigenvalue weighted by molar-refractivity contribution is -0.110. The van der Waals surface area contributed by atoms with Gasteiger partial charge in [-0.15, -0.1) is 0 Å². The molecule has 1 heterocycles. The first-order chi connectivity index (χ1) is 14.2. The van der Waals surface area contributed by atoms with Crippen LogP contribution in [0, 0.1) is 0 Å². The van der Waals surface area contributed by atoms with Crippen LogP contribution in [0.5, 0.6) is 11.5 Å². The molecule has 30 heavy (non-hydrogen) atoms. The fourth-order valence-electron chi connectivity index (χ4n) is 3.84. The fourth-order valence-corrected chi connectivity index (χ4v) is 4.55. The lowest BCUT2D eigenvalue weighted by Crippen LogP contribution is -2.34. The summed E-state index contributed by atoms with van der Waals surface area (Å²) in [6, 6.07) is 4.81. The van der Waals surface area contributed by atoms with Gasteiger partial charge in [-0.2, -0.15) is 0 Å². The molecule has 6 nitrogen and oxygen atoms in total.